The predicted octanol–water partition coefficient (Wildman–Crippen LogP) is -2.62. The fourth-order valence-electron chi connectivity index (χ4n) is 0. The first-order valence-corrected chi connectivity index (χ1v) is 1.77. The second-order valence-electron chi connectivity index (χ2n) is 0.158. The number of aliphatic hydroxyl groups is 1. The molecule has 0 saturated carbocycles. The van der Waals surface area contributed by atoms with E-state index >= 15 is 0 Å². The summed E-state index contributed by atoms with van der Waals surface area (Å²) in [7, 11) is 0. The molecule has 0 saturated heterocycles. The summed E-state index contributed by atoms with van der Waals surface area (Å²) in [4.78, 5) is 0.250. The molecule has 1 nitrogen and oxygen atoms in total. The number of aliphatic hydroxyl groups excluding tert-OH is 1. The molecule has 0 aromatic rings. The number of rotatable bonds is 0. The summed E-state index contributed by atoms with van der Waals surface area (Å²) < 4.78 is 0. The van der Waals surface area contributed by atoms with E-state index in [0.29, 0.717) is 0 Å². The van der Waals surface area contributed by atoms with E-state index in [4.69, 9.17) is 5.11 Å². The summed E-state index contributed by atoms with van der Waals surface area (Å²) in [6.45, 7) is 0. The van der Waals surface area contributed by atoms with Crippen LogP contribution in [0, 0.1) is 0 Å². The summed E-state index contributed by atoms with van der Waals surface area (Å²) in [5.41, 5.74) is 0. The Morgan fingerprint density at radius 3 is 1.60 bits per heavy atom. The normalized spacial score (nSPS) is 3.20. The van der Waals surface area contributed by atoms with E-state index in [1.54, 1.807) is 20.4 Å². The van der Waals surface area contributed by atoms with Crippen molar-refractivity contribution in [2.24, 2.45) is 0 Å². The molecule has 27 valence electrons. The molecular weight excluding hydrogens is 143 g/mol. The Balaban J connectivity index is -0.0000000200. The minimum atomic E-state index is 0. The van der Waals surface area contributed by atoms with Gasteiger partial charge in [0, 0.05) is 0 Å². The number of hydrogen-bond acceptors (Lipinski definition) is 1. The Morgan fingerprint density at radius 1 is 1.60 bits per heavy atom. The van der Waals surface area contributed by atoms with Crippen LogP contribution in [-0.2, 0) is 20.4 Å². The van der Waals surface area contributed by atoms with Crippen LogP contribution in [0.1, 0.15) is 0 Å². The first-order valence-electron chi connectivity index (χ1n) is 0.670. The van der Waals surface area contributed by atoms with E-state index in [0.717, 1.165) is 0 Å². The van der Waals surface area contributed by atoms with Crippen LogP contribution in [0.5, 0.6) is 0 Å². The molecule has 0 rings (SSSR count). The summed E-state index contributed by atoms with van der Waals surface area (Å²) in [6, 6.07) is 0. The van der Waals surface area contributed by atoms with Crippen molar-refractivity contribution < 1.29 is 25.5 Å². The molecule has 0 spiro atoms. The zero-order valence-electron chi connectivity index (χ0n) is 1.65. The second-order valence-corrected chi connectivity index (χ2v) is 0.652. The molecule has 0 radical (unpaired) electrons. The monoisotopic (exact) mass is 151 g/mol. The van der Waals surface area contributed by atoms with Gasteiger partial charge in [-0.3, -0.25) is 0 Å². The van der Waals surface area contributed by atoms with Crippen molar-refractivity contribution in [3.05, 3.63) is 0 Å². The van der Waals surface area contributed by atoms with Crippen molar-refractivity contribution in [3.63, 3.8) is 0 Å². The number of hydrogen-bond donors (Lipinski definition) is 1. The van der Waals surface area contributed by atoms with Gasteiger partial charge in [0.15, 0.2) is 17.4 Å². The molecule has 0 aromatic carbocycles. The van der Waals surface area contributed by atoms with Crippen LogP contribution in [0.25, 0.3) is 0 Å². The van der Waals surface area contributed by atoms with Crippen LogP contribution in [0.2, 0.25) is 0 Å². The maximum atomic E-state index is 7.57. The minimum absolute atomic E-state index is 0. The standard InChI is InChI=1S/CH3O.Al.Ca.Ti.5H/c1-2;;;;;;;;/h2H,1H2;;;;;;;;. The van der Waals surface area contributed by atoms with Gasteiger partial charge >= 0.3 is 68.2 Å². The predicted molar refractivity (Wildman–Crippen MR) is 25.6 cm³/mol. The van der Waals surface area contributed by atoms with Crippen LogP contribution in [-0.4, -0.2) is 65.1 Å². The van der Waals surface area contributed by atoms with Gasteiger partial charge < -0.3 is 0 Å². The summed E-state index contributed by atoms with van der Waals surface area (Å²) >= 11 is 1.68. The zero-order valence-corrected chi connectivity index (χ0v) is 3.22. The summed E-state index contributed by atoms with van der Waals surface area (Å²) in [5.74, 6) is 0. The van der Waals surface area contributed by atoms with E-state index in [1.165, 1.54) is 0 Å². The van der Waals surface area contributed by atoms with Gasteiger partial charge in [-0.2, -0.15) is 0 Å². The first-order chi connectivity index (χ1) is 1.41. The molecule has 0 aliphatic heterocycles. The van der Waals surface area contributed by atoms with Crippen molar-refractivity contribution in [2.75, 3.05) is 4.91 Å². The molecular formula is CH8AlCaOTi. The SMILES string of the molecule is O[CH2][Ti].[AlH3].[CaH2]. The molecule has 1 N–H and O–H groups in total. The van der Waals surface area contributed by atoms with Gasteiger partial charge in [-0.15, -0.1) is 0 Å². The van der Waals surface area contributed by atoms with E-state index < -0.39 is 0 Å². The molecule has 0 heterocycles. The van der Waals surface area contributed by atoms with Crippen molar-refractivity contribution in [2.45, 2.75) is 0 Å². The van der Waals surface area contributed by atoms with E-state index in [1.807, 2.05) is 0 Å². The summed E-state index contributed by atoms with van der Waals surface area (Å²) in [5, 5.41) is 7.57. The third-order valence-electron chi connectivity index (χ3n) is 0. The van der Waals surface area contributed by atoms with E-state index in [9.17, 15) is 0 Å². The van der Waals surface area contributed by atoms with Crippen molar-refractivity contribution >= 4 is 55.1 Å². The molecule has 0 aliphatic carbocycles. The molecule has 0 aliphatic rings. The topological polar surface area (TPSA) is 20.2 Å². The Hall–Kier alpha value is 2.47. The molecule has 0 bridgehead atoms. The van der Waals surface area contributed by atoms with Gasteiger partial charge in [0.2, 0.25) is 0 Å². The molecule has 4 heteroatoms. The molecule has 0 fully saturated rings. The van der Waals surface area contributed by atoms with E-state index in [-0.39, 0.29) is 60.0 Å². The Kier molecular flexibility index (Phi) is 50.3. The van der Waals surface area contributed by atoms with Gasteiger partial charge in [0.1, 0.15) is 0 Å². The van der Waals surface area contributed by atoms with Gasteiger partial charge in [0.05, 0.1) is 0 Å². The van der Waals surface area contributed by atoms with Crippen LogP contribution in [0.15, 0.2) is 0 Å². The van der Waals surface area contributed by atoms with Gasteiger partial charge in [-0.1, -0.05) is 0 Å². The molecule has 0 unspecified atom stereocenters. The second kappa shape index (κ2) is 16.1. The Bertz CT molecular complexity index is 11.6. The molecule has 0 aromatic heterocycles. The van der Waals surface area contributed by atoms with Crippen LogP contribution >= 0.6 is 0 Å². The van der Waals surface area contributed by atoms with Crippen molar-refractivity contribution in [1.29, 1.82) is 0 Å². The first kappa shape index (κ1) is 15.7. The zero-order chi connectivity index (χ0) is 2.71. The summed E-state index contributed by atoms with van der Waals surface area (Å²) in [6.07, 6.45) is 0. The average molecular weight is 151 g/mol. The fraction of sp³-hybridized carbons (Fsp3) is 1.00. The van der Waals surface area contributed by atoms with Crippen LogP contribution in [0.4, 0.5) is 0 Å². The Morgan fingerprint density at radius 2 is 1.60 bits per heavy atom. The van der Waals surface area contributed by atoms with Crippen molar-refractivity contribution in [1.82, 2.24) is 0 Å². The third kappa shape index (κ3) is 21.2. The van der Waals surface area contributed by atoms with Gasteiger partial charge in [-0.25, -0.2) is 0 Å². The molecule has 5 heavy (non-hydrogen) atoms. The van der Waals surface area contributed by atoms with Crippen LogP contribution in [0.3, 0.4) is 0 Å². The Labute approximate surface area is 84.0 Å². The van der Waals surface area contributed by atoms with Gasteiger partial charge in [0.25, 0.3) is 0 Å². The third-order valence-corrected chi connectivity index (χ3v) is 0. The fourth-order valence-corrected chi connectivity index (χ4v) is 0. The maximum absolute atomic E-state index is 7.57. The molecule has 0 atom stereocenters. The van der Waals surface area contributed by atoms with Crippen LogP contribution < -0.4 is 0 Å². The quantitative estimate of drug-likeness (QED) is 0.376. The average Bonchev–Trinajstić information content (AvgIpc) is 0.918. The molecule has 0 amide bonds. The van der Waals surface area contributed by atoms with E-state index in [2.05, 4.69) is 0 Å². The van der Waals surface area contributed by atoms with Gasteiger partial charge in [-0.05, 0) is 0 Å². The van der Waals surface area contributed by atoms with Crippen molar-refractivity contribution in [3.8, 4) is 0 Å².